The van der Waals surface area contributed by atoms with Crippen molar-refractivity contribution in [1.29, 1.82) is 0 Å². The highest BCUT2D eigenvalue weighted by atomic mass is 32.2. The second-order valence-electron chi connectivity index (χ2n) is 6.71. The Bertz CT molecular complexity index is 374. The first-order valence-corrected chi connectivity index (χ1v) is 8.78. The van der Waals surface area contributed by atoms with Gasteiger partial charge in [0.15, 0.2) is 0 Å². The van der Waals surface area contributed by atoms with Gasteiger partial charge in [-0.15, -0.1) is 0 Å². The predicted octanol–water partition coefficient (Wildman–Crippen LogP) is 2.69. The second-order valence-corrected chi connectivity index (χ2v) is 7.89. The number of carbonyl (C=O) groups is 2. The number of nitrogens with one attached hydrogen (secondary N) is 2. The topological polar surface area (TPSA) is 67.4 Å². The molecule has 0 aromatic rings. The van der Waals surface area contributed by atoms with Crippen molar-refractivity contribution in [1.82, 2.24) is 10.6 Å². The smallest absolute Gasteiger partial charge is 0.407 e. The Kier molecular flexibility index (Phi) is 6.38. The summed E-state index contributed by atoms with van der Waals surface area (Å²) in [6, 6.07) is 0. The number of ether oxygens (including phenoxy) is 1. The zero-order valence-electron chi connectivity index (χ0n) is 13.7. The van der Waals surface area contributed by atoms with Gasteiger partial charge in [-0.3, -0.25) is 4.79 Å². The summed E-state index contributed by atoms with van der Waals surface area (Å²) >= 11 is 1.52. The molecule has 1 aliphatic rings. The number of thioether (sulfide) groups is 1. The molecular weight excluding hydrogens is 288 g/mol. The van der Waals surface area contributed by atoms with Gasteiger partial charge < -0.3 is 15.4 Å². The summed E-state index contributed by atoms with van der Waals surface area (Å²) in [5.74, 6) is 0.0374. The molecule has 0 heterocycles. The number of carbonyl (C=O) groups excluding carboxylic acids is 2. The number of rotatable bonds is 5. The Labute approximate surface area is 132 Å². The first-order chi connectivity index (χ1) is 9.67. The van der Waals surface area contributed by atoms with Crippen molar-refractivity contribution in [3.63, 3.8) is 0 Å². The first-order valence-electron chi connectivity index (χ1n) is 7.49. The Hall–Kier alpha value is -0.910. The lowest BCUT2D eigenvalue weighted by Gasteiger charge is -2.32. The lowest BCUT2D eigenvalue weighted by molar-refractivity contribution is -0.122. The average molecular weight is 316 g/mol. The van der Waals surface area contributed by atoms with Crippen LogP contribution in [0.4, 0.5) is 4.79 Å². The molecule has 1 rings (SSSR count). The van der Waals surface area contributed by atoms with Gasteiger partial charge in [-0.25, -0.2) is 4.79 Å². The molecule has 1 atom stereocenters. The number of alkyl carbamates (subject to hydrolysis) is 1. The van der Waals surface area contributed by atoms with Crippen molar-refractivity contribution in [3.8, 4) is 0 Å². The third-order valence-corrected chi connectivity index (χ3v) is 4.56. The first kappa shape index (κ1) is 18.1. The van der Waals surface area contributed by atoms with Crippen molar-refractivity contribution >= 4 is 23.8 Å². The molecule has 5 nitrogen and oxygen atoms in total. The maximum absolute atomic E-state index is 12.1. The summed E-state index contributed by atoms with van der Waals surface area (Å²) in [6.07, 6.45) is 5.44. The Balaban J connectivity index is 2.57. The van der Waals surface area contributed by atoms with Crippen molar-refractivity contribution in [2.24, 2.45) is 0 Å². The molecule has 1 saturated carbocycles. The standard InChI is InChI=1S/C15H28N2O3S/c1-11(21-5)12(18)17-15(8-6-7-9-15)10-16-13(19)20-14(2,3)4/h11H,6-10H2,1-5H3,(H,16,19)(H,17,18). The molecule has 0 bridgehead atoms. The Morgan fingerprint density at radius 2 is 1.86 bits per heavy atom. The second kappa shape index (κ2) is 7.38. The maximum Gasteiger partial charge on any atom is 0.407 e. The van der Waals surface area contributed by atoms with Crippen LogP contribution in [-0.4, -0.2) is 41.2 Å². The van der Waals surface area contributed by atoms with Gasteiger partial charge in [-0.1, -0.05) is 12.8 Å². The SMILES string of the molecule is CSC(C)C(=O)NC1(CNC(=O)OC(C)(C)C)CCCC1. The highest BCUT2D eigenvalue weighted by Crippen LogP contribution is 2.29. The number of hydrogen-bond donors (Lipinski definition) is 2. The largest absolute Gasteiger partial charge is 0.444 e. The van der Waals surface area contributed by atoms with Gasteiger partial charge in [0.1, 0.15) is 5.60 Å². The number of amides is 2. The minimum Gasteiger partial charge on any atom is -0.444 e. The molecule has 21 heavy (non-hydrogen) atoms. The average Bonchev–Trinajstić information content (AvgIpc) is 2.82. The molecule has 0 aliphatic heterocycles. The monoisotopic (exact) mass is 316 g/mol. The molecule has 1 fully saturated rings. The van der Waals surface area contributed by atoms with Gasteiger partial charge in [-0.2, -0.15) is 11.8 Å². The maximum atomic E-state index is 12.1. The van der Waals surface area contributed by atoms with Crippen LogP contribution >= 0.6 is 11.8 Å². The molecule has 0 spiro atoms. The lowest BCUT2D eigenvalue weighted by atomic mass is 9.97. The molecule has 0 aromatic carbocycles. The van der Waals surface area contributed by atoms with E-state index < -0.39 is 11.7 Å². The molecule has 122 valence electrons. The highest BCUT2D eigenvalue weighted by Gasteiger charge is 2.36. The fourth-order valence-electron chi connectivity index (χ4n) is 2.42. The zero-order chi connectivity index (χ0) is 16.1. The van der Waals surface area contributed by atoms with Crippen molar-refractivity contribution in [3.05, 3.63) is 0 Å². The van der Waals surface area contributed by atoms with Crippen molar-refractivity contribution in [2.45, 2.75) is 69.8 Å². The van der Waals surface area contributed by atoms with Crippen LogP contribution in [0.1, 0.15) is 53.4 Å². The third-order valence-electron chi connectivity index (χ3n) is 3.64. The van der Waals surface area contributed by atoms with Crippen LogP contribution in [0, 0.1) is 0 Å². The van der Waals surface area contributed by atoms with Crippen LogP contribution in [0.3, 0.4) is 0 Å². The van der Waals surface area contributed by atoms with E-state index in [-0.39, 0.29) is 16.7 Å². The zero-order valence-corrected chi connectivity index (χ0v) is 14.6. The minimum absolute atomic E-state index is 0.0374. The van der Waals surface area contributed by atoms with Crippen LogP contribution in [0.25, 0.3) is 0 Å². The fraction of sp³-hybridized carbons (Fsp3) is 0.867. The predicted molar refractivity (Wildman–Crippen MR) is 86.6 cm³/mol. The van der Waals surface area contributed by atoms with Crippen molar-refractivity contribution in [2.75, 3.05) is 12.8 Å². The van der Waals surface area contributed by atoms with Gasteiger partial charge in [0.25, 0.3) is 0 Å². The Morgan fingerprint density at radius 1 is 1.29 bits per heavy atom. The summed E-state index contributed by atoms with van der Waals surface area (Å²) in [5.41, 5.74) is -0.832. The van der Waals surface area contributed by atoms with Gasteiger partial charge in [0.2, 0.25) is 5.91 Å². The van der Waals surface area contributed by atoms with Crippen LogP contribution in [0.15, 0.2) is 0 Å². The van der Waals surface area contributed by atoms with E-state index in [1.165, 1.54) is 11.8 Å². The Morgan fingerprint density at radius 3 is 2.33 bits per heavy atom. The fourth-order valence-corrected chi connectivity index (χ4v) is 2.70. The molecule has 0 saturated heterocycles. The van der Waals surface area contributed by atoms with Gasteiger partial charge in [0, 0.05) is 6.54 Å². The lowest BCUT2D eigenvalue weighted by Crippen LogP contribution is -2.55. The van der Waals surface area contributed by atoms with Crippen LogP contribution < -0.4 is 10.6 Å². The van der Waals surface area contributed by atoms with Crippen LogP contribution in [0.2, 0.25) is 0 Å². The summed E-state index contributed by atoms with van der Waals surface area (Å²) in [7, 11) is 0. The molecule has 6 heteroatoms. The van der Waals surface area contributed by atoms with E-state index in [4.69, 9.17) is 4.74 Å². The van der Waals surface area contributed by atoms with Crippen LogP contribution in [0.5, 0.6) is 0 Å². The summed E-state index contributed by atoms with van der Waals surface area (Å²) in [5, 5.41) is 5.85. The minimum atomic E-state index is -0.510. The molecule has 0 aromatic heterocycles. The van der Waals surface area contributed by atoms with E-state index in [1.54, 1.807) is 0 Å². The summed E-state index contributed by atoms with van der Waals surface area (Å²) < 4.78 is 5.25. The number of hydrogen-bond acceptors (Lipinski definition) is 4. The molecule has 1 aliphatic carbocycles. The van der Waals surface area contributed by atoms with Gasteiger partial charge in [-0.05, 0) is 46.8 Å². The van der Waals surface area contributed by atoms with E-state index in [1.807, 2.05) is 34.0 Å². The van der Waals surface area contributed by atoms with Crippen LogP contribution in [-0.2, 0) is 9.53 Å². The quantitative estimate of drug-likeness (QED) is 0.818. The van der Waals surface area contributed by atoms with E-state index >= 15 is 0 Å². The van der Waals surface area contributed by atoms with E-state index in [0.29, 0.717) is 6.54 Å². The van der Waals surface area contributed by atoms with E-state index in [2.05, 4.69) is 10.6 Å². The van der Waals surface area contributed by atoms with E-state index in [0.717, 1.165) is 25.7 Å². The van der Waals surface area contributed by atoms with Gasteiger partial charge >= 0.3 is 6.09 Å². The molecule has 1 unspecified atom stereocenters. The third kappa shape index (κ3) is 6.16. The molecule has 0 radical (unpaired) electrons. The normalized spacial score (nSPS) is 18.9. The van der Waals surface area contributed by atoms with Gasteiger partial charge in [0.05, 0.1) is 10.8 Å². The molecular formula is C15H28N2O3S. The summed E-state index contributed by atoms with van der Waals surface area (Å²) in [6.45, 7) is 7.82. The highest BCUT2D eigenvalue weighted by molar-refractivity contribution is 7.99. The molecule has 2 amide bonds. The van der Waals surface area contributed by atoms with Crippen molar-refractivity contribution < 1.29 is 14.3 Å². The molecule has 2 N–H and O–H groups in total. The summed E-state index contributed by atoms with van der Waals surface area (Å²) in [4.78, 5) is 23.9. The van der Waals surface area contributed by atoms with E-state index in [9.17, 15) is 9.59 Å².